The van der Waals surface area contributed by atoms with Gasteiger partial charge in [-0.2, -0.15) is 0 Å². The van der Waals surface area contributed by atoms with Gasteiger partial charge in [0.1, 0.15) is 5.69 Å². The number of aromatic nitrogens is 1. The van der Waals surface area contributed by atoms with E-state index in [0.717, 1.165) is 5.01 Å². The molecule has 0 spiro atoms. The second kappa shape index (κ2) is 4.66. The minimum Gasteiger partial charge on any atom is -0.335 e. The molecule has 0 radical (unpaired) electrons. The van der Waals surface area contributed by atoms with Crippen molar-refractivity contribution < 1.29 is 9.00 Å². The Kier molecular flexibility index (Phi) is 3.25. The Hall–Kier alpha value is -0.750. The first kappa shape index (κ1) is 13.2. The Balaban J connectivity index is 1.74. The SMILES string of the molecule is CC1(C)CN(C(=O)c2csc(C3CC3)n2)CCS1=O. The summed E-state index contributed by atoms with van der Waals surface area (Å²) >= 11 is 1.59. The molecule has 104 valence electrons. The van der Waals surface area contributed by atoms with Gasteiger partial charge in [0.25, 0.3) is 5.91 Å². The molecule has 0 aromatic carbocycles. The van der Waals surface area contributed by atoms with E-state index in [-0.39, 0.29) is 10.7 Å². The Morgan fingerprint density at radius 2 is 2.26 bits per heavy atom. The normalized spacial score (nSPS) is 26.4. The molecule has 0 bridgehead atoms. The molecule has 2 fully saturated rings. The van der Waals surface area contributed by atoms with Crippen molar-refractivity contribution in [1.29, 1.82) is 0 Å². The maximum absolute atomic E-state index is 12.4. The number of thiazole rings is 1. The number of rotatable bonds is 2. The highest BCUT2D eigenvalue weighted by Gasteiger charge is 2.36. The molecule has 1 atom stereocenters. The van der Waals surface area contributed by atoms with E-state index in [1.165, 1.54) is 12.8 Å². The zero-order valence-electron chi connectivity index (χ0n) is 11.2. The number of nitrogens with zero attached hydrogens (tertiary/aromatic N) is 2. The summed E-state index contributed by atoms with van der Waals surface area (Å²) in [5.41, 5.74) is 0.565. The van der Waals surface area contributed by atoms with Gasteiger partial charge in [-0.05, 0) is 26.7 Å². The van der Waals surface area contributed by atoms with Crippen LogP contribution in [0.2, 0.25) is 0 Å². The fraction of sp³-hybridized carbons (Fsp3) is 0.692. The molecule has 2 heterocycles. The van der Waals surface area contributed by atoms with Gasteiger partial charge in [0.2, 0.25) is 0 Å². The molecule has 1 saturated carbocycles. The van der Waals surface area contributed by atoms with Gasteiger partial charge < -0.3 is 4.90 Å². The van der Waals surface area contributed by atoms with E-state index in [9.17, 15) is 9.00 Å². The first-order valence-corrected chi connectivity index (χ1v) is 8.80. The fourth-order valence-corrected chi connectivity index (χ4v) is 4.52. The topological polar surface area (TPSA) is 50.3 Å². The van der Waals surface area contributed by atoms with Crippen molar-refractivity contribution in [3.8, 4) is 0 Å². The first-order chi connectivity index (χ1) is 8.97. The van der Waals surface area contributed by atoms with Gasteiger partial charge in [-0.15, -0.1) is 11.3 Å². The van der Waals surface area contributed by atoms with E-state index < -0.39 is 10.8 Å². The van der Waals surface area contributed by atoms with Crippen molar-refractivity contribution >= 4 is 28.0 Å². The minimum absolute atomic E-state index is 0.00655. The van der Waals surface area contributed by atoms with Crippen molar-refractivity contribution in [2.75, 3.05) is 18.8 Å². The monoisotopic (exact) mass is 298 g/mol. The molecule has 0 N–H and O–H groups in total. The Labute approximate surface area is 119 Å². The average molecular weight is 298 g/mol. The molecule has 1 saturated heterocycles. The Morgan fingerprint density at radius 1 is 1.53 bits per heavy atom. The van der Waals surface area contributed by atoms with Gasteiger partial charge in [-0.1, -0.05) is 0 Å². The lowest BCUT2D eigenvalue weighted by Crippen LogP contribution is -2.52. The van der Waals surface area contributed by atoms with E-state index in [1.807, 2.05) is 19.2 Å². The molecule has 4 nitrogen and oxygen atoms in total. The molecule has 2 aliphatic rings. The third-order valence-corrected chi connectivity index (χ3v) is 6.61. The van der Waals surface area contributed by atoms with Crippen LogP contribution in [0.4, 0.5) is 0 Å². The molecule has 1 aromatic heterocycles. The second-order valence-corrected chi connectivity index (χ2v) is 8.98. The molecule has 1 aromatic rings. The second-order valence-electron chi connectivity index (χ2n) is 5.88. The Morgan fingerprint density at radius 3 is 2.89 bits per heavy atom. The first-order valence-electron chi connectivity index (χ1n) is 6.60. The van der Waals surface area contributed by atoms with Crippen molar-refractivity contribution in [3.63, 3.8) is 0 Å². The molecule has 3 rings (SSSR count). The van der Waals surface area contributed by atoms with E-state index in [2.05, 4.69) is 4.98 Å². The van der Waals surface area contributed by atoms with Crippen LogP contribution in [0.5, 0.6) is 0 Å². The fourth-order valence-electron chi connectivity index (χ4n) is 2.32. The van der Waals surface area contributed by atoms with E-state index >= 15 is 0 Å². The summed E-state index contributed by atoms with van der Waals surface area (Å²) in [5, 5.41) is 2.97. The molecule has 6 heteroatoms. The zero-order chi connectivity index (χ0) is 13.6. The van der Waals surface area contributed by atoms with Crippen LogP contribution < -0.4 is 0 Å². The van der Waals surface area contributed by atoms with Crippen LogP contribution in [0, 0.1) is 0 Å². The van der Waals surface area contributed by atoms with Gasteiger partial charge in [-0.25, -0.2) is 4.98 Å². The highest BCUT2D eigenvalue weighted by atomic mass is 32.2. The van der Waals surface area contributed by atoms with E-state index in [4.69, 9.17) is 0 Å². The third-order valence-electron chi connectivity index (χ3n) is 3.69. The maximum Gasteiger partial charge on any atom is 0.273 e. The van der Waals surface area contributed by atoms with Crippen molar-refractivity contribution in [2.24, 2.45) is 0 Å². The van der Waals surface area contributed by atoms with Gasteiger partial charge >= 0.3 is 0 Å². The highest BCUT2D eigenvalue weighted by molar-refractivity contribution is 7.86. The van der Waals surface area contributed by atoms with Crippen molar-refractivity contribution in [3.05, 3.63) is 16.1 Å². The molecular formula is C13H18N2O2S2. The number of amides is 1. The van der Waals surface area contributed by atoms with E-state index in [0.29, 0.717) is 30.5 Å². The molecule has 19 heavy (non-hydrogen) atoms. The maximum atomic E-state index is 12.4. The number of carbonyl (C=O) groups is 1. The van der Waals surface area contributed by atoms with Gasteiger partial charge in [0.15, 0.2) is 0 Å². The smallest absolute Gasteiger partial charge is 0.273 e. The summed E-state index contributed by atoms with van der Waals surface area (Å²) < 4.78 is 11.6. The van der Waals surface area contributed by atoms with Crippen LogP contribution >= 0.6 is 11.3 Å². The average Bonchev–Trinajstić information content (AvgIpc) is 3.10. The predicted molar refractivity (Wildman–Crippen MR) is 77.1 cm³/mol. The number of hydrogen-bond donors (Lipinski definition) is 0. The van der Waals surface area contributed by atoms with Crippen LogP contribution in [0.1, 0.15) is 48.1 Å². The largest absolute Gasteiger partial charge is 0.335 e. The van der Waals surface area contributed by atoms with Crippen LogP contribution in [-0.2, 0) is 10.8 Å². The van der Waals surface area contributed by atoms with Gasteiger partial charge in [0.05, 0.1) is 9.75 Å². The highest BCUT2D eigenvalue weighted by Crippen LogP contribution is 2.41. The summed E-state index contributed by atoms with van der Waals surface area (Å²) in [6.07, 6.45) is 2.41. The summed E-state index contributed by atoms with van der Waals surface area (Å²) in [6, 6.07) is 0. The molecule has 1 aliphatic carbocycles. The van der Waals surface area contributed by atoms with E-state index in [1.54, 1.807) is 16.2 Å². The third kappa shape index (κ3) is 2.60. The summed E-state index contributed by atoms with van der Waals surface area (Å²) in [4.78, 5) is 18.7. The molecule has 1 unspecified atom stereocenters. The summed E-state index contributed by atoms with van der Waals surface area (Å²) in [7, 11) is -0.848. The summed E-state index contributed by atoms with van der Waals surface area (Å²) in [5.74, 6) is 1.16. The number of hydrogen-bond acceptors (Lipinski definition) is 4. The Bertz CT molecular complexity index is 535. The lowest BCUT2D eigenvalue weighted by atomic mass is 10.2. The van der Waals surface area contributed by atoms with Gasteiger partial charge in [-0.3, -0.25) is 9.00 Å². The lowest BCUT2D eigenvalue weighted by Gasteiger charge is -2.36. The predicted octanol–water partition coefficient (Wildman–Crippen LogP) is 2.00. The zero-order valence-corrected chi connectivity index (χ0v) is 12.9. The molecule has 1 amide bonds. The van der Waals surface area contributed by atoms with Crippen LogP contribution in [0.25, 0.3) is 0 Å². The van der Waals surface area contributed by atoms with Gasteiger partial charge in [0, 0.05) is 40.9 Å². The van der Waals surface area contributed by atoms with Crippen LogP contribution in [-0.4, -0.2) is 43.6 Å². The number of carbonyl (C=O) groups excluding carboxylic acids is 1. The lowest BCUT2D eigenvalue weighted by molar-refractivity contribution is 0.0740. The quantitative estimate of drug-likeness (QED) is 0.839. The van der Waals surface area contributed by atoms with Crippen LogP contribution in [0.15, 0.2) is 5.38 Å². The van der Waals surface area contributed by atoms with Crippen LogP contribution in [0.3, 0.4) is 0 Å². The van der Waals surface area contributed by atoms with Crippen molar-refractivity contribution in [2.45, 2.75) is 37.4 Å². The molecule has 1 aliphatic heterocycles. The minimum atomic E-state index is -0.848. The summed E-state index contributed by atoms with van der Waals surface area (Å²) in [6.45, 7) is 5.04. The standard InChI is InChI=1S/C13H18N2O2S2/c1-13(2)8-15(5-6-19(13)17)12(16)10-7-18-11(14-10)9-3-4-9/h7,9H,3-6,8H2,1-2H3. The van der Waals surface area contributed by atoms with Crippen molar-refractivity contribution in [1.82, 2.24) is 9.88 Å². The molecular weight excluding hydrogens is 280 g/mol.